The number of carbonyl (C=O) groups is 1. The number of carbonyl (C=O) groups excluding carboxylic acids is 1. The number of aromatic nitrogens is 1. The number of hydrogen-bond acceptors (Lipinski definition) is 4. The largest absolute Gasteiger partial charge is 0.428 e. The van der Waals surface area contributed by atoms with Crippen LogP contribution in [-0.2, 0) is 0 Å². The van der Waals surface area contributed by atoms with E-state index in [4.69, 9.17) is 27.6 Å². The minimum atomic E-state index is -0.955. The molecule has 0 aliphatic carbocycles. The Hall–Kier alpha value is -1.76. The lowest BCUT2D eigenvalue weighted by Gasteiger charge is -2.13. The Morgan fingerprint density at radius 2 is 2.14 bits per heavy atom. The molecule has 8 heteroatoms. The van der Waals surface area contributed by atoms with Crippen molar-refractivity contribution in [2.45, 2.75) is 20.0 Å². The van der Waals surface area contributed by atoms with Crippen molar-refractivity contribution in [3.05, 3.63) is 45.3 Å². The molecule has 0 aliphatic rings. The first-order chi connectivity index (χ1) is 10.4. The Labute approximate surface area is 137 Å². The molecule has 0 radical (unpaired) electrons. The Morgan fingerprint density at radius 1 is 1.41 bits per heavy atom. The molecule has 1 aromatic heterocycles. The fourth-order valence-corrected chi connectivity index (χ4v) is 2.27. The number of oxazole rings is 1. The Balaban J connectivity index is 1.90. The van der Waals surface area contributed by atoms with E-state index in [1.165, 1.54) is 6.07 Å². The summed E-state index contributed by atoms with van der Waals surface area (Å²) in [7, 11) is 0. The highest BCUT2D eigenvalue weighted by Crippen LogP contribution is 2.25. The van der Waals surface area contributed by atoms with E-state index in [0.717, 1.165) is 0 Å². The zero-order valence-corrected chi connectivity index (χ0v) is 13.5. The molecule has 3 N–H and O–H groups in total. The Kier molecular flexibility index (Phi) is 5.28. The highest BCUT2D eigenvalue weighted by molar-refractivity contribution is 6.35. The normalized spacial score (nSPS) is 12.0. The zero-order chi connectivity index (χ0) is 16.3. The van der Waals surface area contributed by atoms with Crippen molar-refractivity contribution < 1.29 is 14.3 Å². The van der Waals surface area contributed by atoms with Crippen LogP contribution in [0.1, 0.15) is 23.1 Å². The third-order valence-electron chi connectivity index (χ3n) is 3.03. The van der Waals surface area contributed by atoms with Gasteiger partial charge in [0.15, 0.2) is 0 Å². The highest BCUT2D eigenvalue weighted by atomic mass is 35.5. The second kappa shape index (κ2) is 7.00. The number of urea groups is 1. The number of nitrogens with one attached hydrogen (secondary N) is 2. The second-order valence-electron chi connectivity index (χ2n) is 4.68. The van der Waals surface area contributed by atoms with Crippen LogP contribution in [0.25, 0.3) is 0 Å². The van der Waals surface area contributed by atoms with E-state index in [9.17, 15) is 9.90 Å². The van der Waals surface area contributed by atoms with E-state index < -0.39 is 12.1 Å². The van der Waals surface area contributed by atoms with Gasteiger partial charge in [0, 0.05) is 22.2 Å². The van der Waals surface area contributed by atoms with Gasteiger partial charge in [-0.05, 0) is 26.0 Å². The lowest BCUT2D eigenvalue weighted by molar-refractivity contribution is 0.175. The summed E-state index contributed by atoms with van der Waals surface area (Å²) in [6.45, 7) is 3.50. The maximum atomic E-state index is 11.7. The summed E-state index contributed by atoms with van der Waals surface area (Å²) in [5.41, 5.74) is 1.18. The van der Waals surface area contributed by atoms with Crippen LogP contribution in [0, 0.1) is 13.8 Å². The molecule has 0 saturated heterocycles. The summed E-state index contributed by atoms with van der Waals surface area (Å²) >= 11 is 11.8. The Morgan fingerprint density at radius 3 is 2.73 bits per heavy atom. The van der Waals surface area contributed by atoms with E-state index in [-0.39, 0.29) is 12.6 Å². The van der Waals surface area contributed by atoms with Crippen LogP contribution in [0.2, 0.25) is 10.0 Å². The first-order valence-electron chi connectivity index (χ1n) is 6.48. The van der Waals surface area contributed by atoms with Crippen LogP contribution in [0.3, 0.4) is 0 Å². The van der Waals surface area contributed by atoms with E-state index in [2.05, 4.69) is 15.6 Å². The fourth-order valence-electron chi connectivity index (χ4n) is 1.74. The van der Waals surface area contributed by atoms with Gasteiger partial charge < -0.3 is 14.8 Å². The van der Waals surface area contributed by atoms with Gasteiger partial charge >= 0.3 is 12.0 Å². The second-order valence-corrected chi connectivity index (χ2v) is 5.52. The van der Waals surface area contributed by atoms with Gasteiger partial charge in [-0.25, -0.2) is 4.79 Å². The standard InChI is InChI=1S/C14H15Cl2N3O3/c1-7-8(2)22-14(18-7)19-13(21)17-6-12(20)10-4-3-9(15)5-11(10)16/h3-5,12,20H,6H2,1-2H3,(H2,17,18,19,21). The minimum Gasteiger partial charge on any atom is -0.428 e. The van der Waals surface area contributed by atoms with Crippen LogP contribution in [-0.4, -0.2) is 22.7 Å². The first kappa shape index (κ1) is 16.6. The number of rotatable bonds is 4. The SMILES string of the molecule is Cc1nc(NC(=O)NCC(O)c2ccc(Cl)cc2Cl)oc1C. The van der Waals surface area contributed by atoms with Crippen molar-refractivity contribution in [1.29, 1.82) is 0 Å². The number of benzene rings is 1. The molecule has 1 unspecified atom stereocenters. The fraction of sp³-hybridized carbons (Fsp3) is 0.286. The Bertz CT molecular complexity index is 668. The van der Waals surface area contributed by atoms with Crippen molar-refractivity contribution in [2.75, 3.05) is 11.9 Å². The third-order valence-corrected chi connectivity index (χ3v) is 3.59. The molecule has 0 bridgehead atoms. The van der Waals surface area contributed by atoms with E-state index in [1.54, 1.807) is 26.0 Å². The summed E-state index contributed by atoms with van der Waals surface area (Å²) in [4.78, 5) is 15.7. The molecule has 1 atom stereocenters. The van der Waals surface area contributed by atoms with Crippen LogP contribution < -0.4 is 10.6 Å². The van der Waals surface area contributed by atoms with Gasteiger partial charge in [0.25, 0.3) is 0 Å². The average molecular weight is 344 g/mol. The summed E-state index contributed by atoms with van der Waals surface area (Å²) in [6.07, 6.45) is -0.955. The van der Waals surface area contributed by atoms with E-state index >= 15 is 0 Å². The maximum Gasteiger partial charge on any atom is 0.322 e. The number of aliphatic hydroxyl groups is 1. The molecule has 22 heavy (non-hydrogen) atoms. The number of nitrogens with zero attached hydrogens (tertiary/aromatic N) is 1. The number of aliphatic hydroxyl groups excluding tert-OH is 1. The molecule has 0 saturated carbocycles. The van der Waals surface area contributed by atoms with Crippen molar-refractivity contribution >= 4 is 35.2 Å². The van der Waals surface area contributed by atoms with Crippen molar-refractivity contribution in [1.82, 2.24) is 10.3 Å². The average Bonchev–Trinajstić information content (AvgIpc) is 2.74. The van der Waals surface area contributed by atoms with Gasteiger partial charge in [-0.2, -0.15) is 4.98 Å². The molecule has 6 nitrogen and oxygen atoms in total. The van der Waals surface area contributed by atoms with Crippen LogP contribution in [0.4, 0.5) is 10.8 Å². The summed E-state index contributed by atoms with van der Waals surface area (Å²) < 4.78 is 5.23. The smallest absolute Gasteiger partial charge is 0.322 e. The van der Waals surface area contributed by atoms with Gasteiger partial charge in [0.1, 0.15) is 5.76 Å². The molecule has 118 valence electrons. The molecule has 2 aromatic rings. The predicted molar refractivity (Wildman–Crippen MR) is 84.4 cm³/mol. The number of hydrogen-bond donors (Lipinski definition) is 3. The van der Waals surface area contributed by atoms with Gasteiger partial charge in [-0.15, -0.1) is 0 Å². The predicted octanol–water partition coefficient (Wildman–Crippen LogP) is 3.45. The molecule has 0 spiro atoms. The van der Waals surface area contributed by atoms with Gasteiger partial charge in [-0.3, -0.25) is 5.32 Å². The van der Waals surface area contributed by atoms with Crippen molar-refractivity contribution in [3.8, 4) is 0 Å². The number of halogens is 2. The number of anilines is 1. The first-order valence-corrected chi connectivity index (χ1v) is 7.24. The zero-order valence-electron chi connectivity index (χ0n) is 12.0. The van der Waals surface area contributed by atoms with Crippen LogP contribution in [0.5, 0.6) is 0 Å². The molecule has 1 heterocycles. The van der Waals surface area contributed by atoms with Gasteiger partial charge in [0.05, 0.1) is 11.8 Å². The molecular formula is C14H15Cl2N3O3. The molecule has 0 fully saturated rings. The van der Waals surface area contributed by atoms with E-state index in [0.29, 0.717) is 27.1 Å². The van der Waals surface area contributed by atoms with Crippen LogP contribution >= 0.6 is 23.2 Å². The molecule has 2 rings (SSSR count). The molecule has 1 aromatic carbocycles. The van der Waals surface area contributed by atoms with Crippen LogP contribution in [0.15, 0.2) is 22.6 Å². The monoisotopic (exact) mass is 343 g/mol. The maximum absolute atomic E-state index is 11.7. The lowest BCUT2D eigenvalue weighted by atomic mass is 10.1. The quantitative estimate of drug-likeness (QED) is 0.793. The van der Waals surface area contributed by atoms with Crippen molar-refractivity contribution in [2.24, 2.45) is 0 Å². The van der Waals surface area contributed by atoms with Crippen molar-refractivity contribution in [3.63, 3.8) is 0 Å². The summed E-state index contributed by atoms with van der Waals surface area (Å²) in [5.74, 6) is 0.628. The van der Waals surface area contributed by atoms with Gasteiger partial charge in [0.2, 0.25) is 0 Å². The third kappa shape index (κ3) is 4.13. The molecule has 0 aliphatic heterocycles. The topological polar surface area (TPSA) is 87.4 Å². The molecular weight excluding hydrogens is 329 g/mol. The van der Waals surface area contributed by atoms with Gasteiger partial charge in [-0.1, -0.05) is 29.3 Å². The number of amides is 2. The molecule has 2 amide bonds. The lowest BCUT2D eigenvalue weighted by Crippen LogP contribution is -2.32. The van der Waals surface area contributed by atoms with E-state index in [1.807, 2.05) is 0 Å². The number of aryl methyl sites for hydroxylation is 2. The summed E-state index contributed by atoms with van der Waals surface area (Å²) in [5, 5.41) is 15.8. The minimum absolute atomic E-state index is 0.0220. The highest BCUT2D eigenvalue weighted by Gasteiger charge is 2.14. The summed E-state index contributed by atoms with van der Waals surface area (Å²) in [6, 6.07) is 4.32.